The number of sulfone groups is 1. The van der Waals surface area contributed by atoms with Crippen LogP contribution in [0.5, 0.6) is 0 Å². The minimum absolute atomic E-state index is 0.0246. The van der Waals surface area contributed by atoms with E-state index >= 15 is 0 Å². The van der Waals surface area contributed by atoms with E-state index in [-0.39, 0.29) is 30.5 Å². The molecular weight excluding hydrogens is 318 g/mol. The zero-order chi connectivity index (χ0) is 17.0. The van der Waals surface area contributed by atoms with Crippen LogP contribution in [-0.4, -0.2) is 38.4 Å². The lowest BCUT2D eigenvalue weighted by atomic mass is 10.1. The lowest BCUT2D eigenvalue weighted by Gasteiger charge is -2.11. The van der Waals surface area contributed by atoms with Crippen LogP contribution in [0.4, 0.5) is 5.69 Å². The number of rotatable bonds is 5. The summed E-state index contributed by atoms with van der Waals surface area (Å²) in [5.41, 5.74) is 2.63. The Kier molecular flexibility index (Phi) is 5.41. The van der Waals surface area contributed by atoms with Crippen molar-refractivity contribution in [1.82, 2.24) is 0 Å². The quantitative estimate of drug-likeness (QED) is 0.823. The normalized spacial score (nSPS) is 19.3. The lowest BCUT2D eigenvalue weighted by molar-refractivity contribution is -0.148. The van der Waals surface area contributed by atoms with E-state index in [2.05, 4.69) is 5.32 Å². The third-order valence-electron chi connectivity index (χ3n) is 3.81. The third-order valence-corrected chi connectivity index (χ3v) is 5.65. The van der Waals surface area contributed by atoms with Crippen LogP contribution in [0.3, 0.4) is 0 Å². The molecule has 0 aliphatic carbocycles. The van der Waals surface area contributed by atoms with E-state index in [0.29, 0.717) is 12.1 Å². The van der Waals surface area contributed by atoms with Crippen molar-refractivity contribution in [2.75, 3.05) is 23.4 Å². The molecule has 1 N–H and O–H groups in total. The second-order valence-electron chi connectivity index (χ2n) is 6.00. The van der Waals surface area contributed by atoms with Crippen LogP contribution in [0.15, 0.2) is 18.2 Å². The van der Waals surface area contributed by atoms with Crippen molar-refractivity contribution >= 4 is 27.4 Å². The molecule has 1 saturated heterocycles. The van der Waals surface area contributed by atoms with Crippen molar-refractivity contribution in [3.05, 3.63) is 29.3 Å². The fraction of sp³-hybridized carbons (Fsp3) is 0.500. The van der Waals surface area contributed by atoms with Gasteiger partial charge in [-0.25, -0.2) is 8.42 Å². The van der Waals surface area contributed by atoms with E-state index in [1.807, 2.05) is 32.0 Å². The van der Waals surface area contributed by atoms with Crippen LogP contribution in [-0.2, 0) is 24.2 Å². The van der Waals surface area contributed by atoms with Crippen molar-refractivity contribution in [1.29, 1.82) is 0 Å². The number of hydrogen-bond acceptors (Lipinski definition) is 5. The van der Waals surface area contributed by atoms with Gasteiger partial charge in [-0.05, 0) is 43.4 Å². The van der Waals surface area contributed by atoms with Crippen LogP contribution < -0.4 is 5.32 Å². The summed E-state index contributed by atoms with van der Waals surface area (Å²) in [6.45, 7) is 3.43. The van der Waals surface area contributed by atoms with Gasteiger partial charge in [0.1, 0.15) is 0 Å². The first-order chi connectivity index (χ1) is 10.7. The fourth-order valence-electron chi connectivity index (χ4n) is 2.53. The molecule has 1 aromatic rings. The Morgan fingerprint density at radius 3 is 2.70 bits per heavy atom. The van der Waals surface area contributed by atoms with Gasteiger partial charge in [0.15, 0.2) is 16.4 Å². The first kappa shape index (κ1) is 17.5. The van der Waals surface area contributed by atoms with E-state index < -0.39 is 21.7 Å². The van der Waals surface area contributed by atoms with E-state index in [4.69, 9.17) is 4.74 Å². The van der Waals surface area contributed by atoms with E-state index in [1.165, 1.54) is 0 Å². The molecule has 23 heavy (non-hydrogen) atoms. The summed E-state index contributed by atoms with van der Waals surface area (Å²) in [6, 6.07) is 5.69. The predicted octanol–water partition coefficient (Wildman–Crippen LogP) is 1.61. The summed E-state index contributed by atoms with van der Waals surface area (Å²) >= 11 is 0. The van der Waals surface area contributed by atoms with Crippen molar-refractivity contribution in [3.63, 3.8) is 0 Å². The largest absolute Gasteiger partial charge is 0.456 e. The molecule has 1 atom stereocenters. The number of benzene rings is 1. The number of amides is 1. The molecule has 6 nitrogen and oxygen atoms in total. The standard InChI is InChI=1S/C16H21NO5S/c1-11-3-4-12(2)14(7-11)17-15(18)9-22-16(19)8-13-5-6-23(20,21)10-13/h3-4,7,13H,5-6,8-10H2,1-2H3,(H,17,18)/t13-/m1/s1. The maximum Gasteiger partial charge on any atom is 0.306 e. The molecule has 0 spiro atoms. The van der Waals surface area contributed by atoms with E-state index in [1.54, 1.807) is 0 Å². The van der Waals surface area contributed by atoms with E-state index in [0.717, 1.165) is 11.1 Å². The Morgan fingerprint density at radius 2 is 2.04 bits per heavy atom. The highest BCUT2D eigenvalue weighted by molar-refractivity contribution is 7.91. The topological polar surface area (TPSA) is 89.5 Å². The summed E-state index contributed by atoms with van der Waals surface area (Å²) in [5.74, 6) is -1.00. The Balaban J connectivity index is 1.78. The predicted molar refractivity (Wildman–Crippen MR) is 86.9 cm³/mol. The Hall–Kier alpha value is -1.89. The monoisotopic (exact) mass is 339 g/mol. The molecular formula is C16H21NO5S. The second kappa shape index (κ2) is 7.12. The van der Waals surface area contributed by atoms with Crippen LogP contribution in [0.2, 0.25) is 0 Å². The summed E-state index contributed by atoms with van der Waals surface area (Å²) in [7, 11) is -3.01. The molecule has 0 bridgehead atoms. The van der Waals surface area contributed by atoms with Gasteiger partial charge in [-0.2, -0.15) is 0 Å². The van der Waals surface area contributed by atoms with Crippen LogP contribution in [0.25, 0.3) is 0 Å². The maximum atomic E-state index is 11.8. The number of carbonyl (C=O) groups is 2. The molecule has 1 aliphatic heterocycles. The highest BCUT2D eigenvalue weighted by Gasteiger charge is 2.29. The molecule has 0 radical (unpaired) electrons. The van der Waals surface area contributed by atoms with E-state index in [9.17, 15) is 18.0 Å². The molecule has 2 rings (SSSR count). The highest BCUT2D eigenvalue weighted by Crippen LogP contribution is 2.22. The summed E-state index contributed by atoms with van der Waals surface area (Å²) in [6.07, 6.45) is 0.516. The third kappa shape index (κ3) is 5.35. The summed E-state index contributed by atoms with van der Waals surface area (Å²) < 4.78 is 27.6. The average molecular weight is 339 g/mol. The van der Waals surface area contributed by atoms with Gasteiger partial charge in [0.2, 0.25) is 0 Å². The van der Waals surface area contributed by atoms with Gasteiger partial charge in [0.25, 0.3) is 5.91 Å². The van der Waals surface area contributed by atoms with Crippen molar-refractivity contribution in [2.24, 2.45) is 5.92 Å². The van der Waals surface area contributed by atoms with Gasteiger partial charge in [-0.1, -0.05) is 12.1 Å². The molecule has 126 valence electrons. The number of nitrogens with one attached hydrogen (secondary N) is 1. The number of carbonyl (C=O) groups excluding carboxylic acids is 2. The van der Waals surface area contributed by atoms with Gasteiger partial charge in [-0.3, -0.25) is 9.59 Å². The molecule has 0 unspecified atom stereocenters. The Morgan fingerprint density at radius 1 is 1.30 bits per heavy atom. The smallest absolute Gasteiger partial charge is 0.306 e. The Bertz CT molecular complexity index is 711. The number of esters is 1. The summed E-state index contributed by atoms with van der Waals surface area (Å²) in [5, 5.41) is 2.70. The van der Waals surface area contributed by atoms with Crippen LogP contribution in [0.1, 0.15) is 24.0 Å². The van der Waals surface area contributed by atoms with Gasteiger partial charge in [0, 0.05) is 12.1 Å². The molecule has 0 aromatic heterocycles. The first-order valence-corrected chi connectivity index (χ1v) is 9.30. The van der Waals surface area contributed by atoms with Crippen molar-refractivity contribution in [2.45, 2.75) is 26.7 Å². The Labute approximate surface area is 136 Å². The van der Waals surface area contributed by atoms with Gasteiger partial charge < -0.3 is 10.1 Å². The lowest BCUT2D eigenvalue weighted by Crippen LogP contribution is -2.22. The zero-order valence-electron chi connectivity index (χ0n) is 13.3. The van der Waals surface area contributed by atoms with Gasteiger partial charge >= 0.3 is 5.97 Å². The zero-order valence-corrected chi connectivity index (χ0v) is 14.1. The molecule has 7 heteroatoms. The van der Waals surface area contributed by atoms with Gasteiger partial charge in [0.05, 0.1) is 11.5 Å². The minimum Gasteiger partial charge on any atom is -0.456 e. The number of ether oxygens (including phenoxy) is 1. The molecule has 0 saturated carbocycles. The number of anilines is 1. The second-order valence-corrected chi connectivity index (χ2v) is 8.23. The van der Waals surface area contributed by atoms with Crippen molar-refractivity contribution < 1.29 is 22.7 Å². The molecule has 1 aromatic carbocycles. The molecule has 1 aliphatic rings. The summed E-state index contributed by atoms with van der Waals surface area (Å²) in [4.78, 5) is 23.5. The SMILES string of the molecule is Cc1ccc(C)c(NC(=O)COC(=O)C[C@H]2CCS(=O)(=O)C2)c1. The maximum absolute atomic E-state index is 11.8. The van der Waals surface area contributed by atoms with Crippen LogP contribution in [0, 0.1) is 19.8 Å². The molecule has 1 fully saturated rings. The van der Waals surface area contributed by atoms with Crippen LogP contribution >= 0.6 is 0 Å². The van der Waals surface area contributed by atoms with Crippen molar-refractivity contribution in [3.8, 4) is 0 Å². The number of aryl methyl sites for hydroxylation is 2. The minimum atomic E-state index is -3.01. The van der Waals surface area contributed by atoms with Gasteiger partial charge in [-0.15, -0.1) is 0 Å². The first-order valence-electron chi connectivity index (χ1n) is 7.48. The molecule has 1 amide bonds. The highest BCUT2D eigenvalue weighted by atomic mass is 32.2. The number of hydrogen-bond donors (Lipinski definition) is 1. The average Bonchev–Trinajstić information content (AvgIpc) is 2.79. The fourth-order valence-corrected chi connectivity index (χ4v) is 4.39. The molecule has 1 heterocycles.